The molecule has 2 heterocycles. The van der Waals surface area contributed by atoms with Gasteiger partial charge in [-0.05, 0) is 19.4 Å². The van der Waals surface area contributed by atoms with Crippen molar-refractivity contribution >= 4 is 11.5 Å². The molecule has 0 saturated carbocycles. The third-order valence-electron chi connectivity index (χ3n) is 2.84. The third-order valence-corrected chi connectivity index (χ3v) is 2.84. The lowest BCUT2D eigenvalue weighted by molar-refractivity contribution is -0.384. The van der Waals surface area contributed by atoms with Crippen LogP contribution < -0.4 is 5.32 Å². The van der Waals surface area contributed by atoms with E-state index in [4.69, 9.17) is 9.47 Å². The standard InChI is InChI=1S/C12H17N3O4/c1-9(7-19-10-4-6-18-8-10)14-12-11(15(16)17)3-2-5-13-12/h2-3,5,9-10H,4,6-8H2,1H3,(H,13,14). The van der Waals surface area contributed by atoms with Crippen LogP contribution in [0.15, 0.2) is 18.3 Å². The zero-order chi connectivity index (χ0) is 13.7. The van der Waals surface area contributed by atoms with Gasteiger partial charge < -0.3 is 14.8 Å². The van der Waals surface area contributed by atoms with Crippen LogP contribution in [0.3, 0.4) is 0 Å². The van der Waals surface area contributed by atoms with E-state index in [1.165, 1.54) is 12.3 Å². The van der Waals surface area contributed by atoms with Gasteiger partial charge in [0.2, 0.25) is 5.82 Å². The van der Waals surface area contributed by atoms with E-state index in [1.54, 1.807) is 6.07 Å². The molecule has 19 heavy (non-hydrogen) atoms. The summed E-state index contributed by atoms with van der Waals surface area (Å²) in [5.74, 6) is 0.270. The molecule has 0 aromatic carbocycles. The Bertz CT molecular complexity index is 435. The fraction of sp³-hybridized carbons (Fsp3) is 0.583. The van der Waals surface area contributed by atoms with Gasteiger partial charge in [-0.15, -0.1) is 0 Å². The van der Waals surface area contributed by atoms with Crippen LogP contribution in [0.5, 0.6) is 0 Å². The minimum absolute atomic E-state index is 0.0291. The van der Waals surface area contributed by atoms with Crippen molar-refractivity contribution in [2.45, 2.75) is 25.5 Å². The van der Waals surface area contributed by atoms with Gasteiger partial charge in [0, 0.05) is 24.9 Å². The monoisotopic (exact) mass is 267 g/mol. The van der Waals surface area contributed by atoms with Crippen LogP contribution in [0.25, 0.3) is 0 Å². The van der Waals surface area contributed by atoms with Gasteiger partial charge in [0.15, 0.2) is 0 Å². The summed E-state index contributed by atoms with van der Waals surface area (Å²) in [5, 5.41) is 13.8. The lowest BCUT2D eigenvalue weighted by atomic mass is 10.3. The van der Waals surface area contributed by atoms with Crippen molar-refractivity contribution in [2.75, 3.05) is 25.1 Å². The Labute approximate surface area is 111 Å². The highest BCUT2D eigenvalue weighted by molar-refractivity contribution is 5.55. The average Bonchev–Trinajstić information content (AvgIpc) is 2.90. The summed E-state index contributed by atoms with van der Waals surface area (Å²) in [6.07, 6.45) is 2.55. The smallest absolute Gasteiger partial charge is 0.311 e. The first-order valence-corrected chi connectivity index (χ1v) is 6.22. The molecule has 1 fully saturated rings. The number of nitro groups is 1. The van der Waals surface area contributed by atoms with Gasteiger partial charge in [-0.1, -0.05) is 0 Å². The molecule has 1 aliphatic heterocycles. The van der Waals surface area contributed by atoms with Gasteiger partial charge in [-0.25, -0.2) is 4.98 Å². The van der Waals surface area contributed by atoms with Crippen molar-refractivity contribution in [3.8, 4) is 0 Å². The molecular weight excluding hydrogens is 250 g/mol. The molecule has 0 bridgehead atoms. The van der Waals surface area contributed by atoms with Crippen LogP contribution in [0.4, 0.5) is 11.5 Å². The topological polar surface area (TPSA) is 86.5 Å². The Morgan fingerprint density at radius 1 is 1.74 bits per heavy atom. The van der Waals surface area contributed by atoms with Crippen LogP contribution in [-0.4, -0.2) is 41.9 Å². The predicted molar refractivity (Wildman–Crippen MR) is 69.2 cm³/mol. The van der Waals surface area contributed by atoms with Gasteiger partial charge in [0.1, 0.15) is 0 Å². The molecule has 2 rings (SSSR count). The van der Waals surface area contributed by atoms with Gasteiger partial charge >= 0.3 is 5.69 Å². The number of anilines is 1. The van der Waals surface area contributed by atoms with E-state index >= 15 is 0 Å². The van der Waals surface area contributed by atoms with Gasteiger partial charge in [0.25, 0.3) is 0 Å². The Morgan fingerprint density at radius 2 is 2.58 bits per heavy atom. The van der Waals surface area contributed by atoms with Crippen LogP contribution in [-0.2, 0) is 9.47 Å². The minimum atomic E-state index is -0.451. The highest BCUT2D eigenvalue weighted by Crippen LogP contribution is 2.21. The summed E-state index contributed by atoms with van der Waals surface area (Å²) in [7, 11) is 0. The van der Waals surface area contributed by atoms with Crippen molar-refractivity contribution in [3.05, 3.63) is 28.4 Å². The number of aromatic nitrogens is 1. The summed E-state index contributed by atoms with van der Waals surface area (Å²) >= 11 is 0. The summed E-state index contributed by atoms with van der Waals surface area (Å²) < 4.78 is 10.9. The first kappa shape index (κ1) is 13.7. The maximum atomic E-state index is 10.8. The minimum Gasteiger partial charge on any atom is -0.379 e. The van der Waals surface area contributed by atoms with Crippen molar-refractivity contribution in [1.29, 1.82) is 0 Å². The molecule has 104 valence electrons. The summed E-state index contributed by atoms with van der Waals surface area (Å²) in [6.45, 7) is 3.71. The van der Waals surface area contributed by atoms with E-state index in [2.05, 4.69) is 10.3 Å². The van der Waals surface area contributed by atoms with Crippen molar-refractivity contribution in [3.63, 3.8) is 0 Å². The molecule has 0 aliphatic carbocycles. The van der Waals surface area contributed by atoms with E-state index in [1.807, 2.05) is 6.92 Å². The molecule has 7 heteroatoms. The highest BCUT2D eigenvalue weighted by Gasteiger charge is 2.19. The molecule has 1 saturated heterocycles. The number of ether oxygens (including phenoxy) is 2. The fourth-order valence-corrected chi connectivity index (χ4v) is 1.86. The molecular formula is C12H17N3O4. The first-order valence-electron chi connectivity index (χ1n) is 6.22. The second kappa shape index (κ2) is 6.44. The SMILES string of the molecule is CC(COC1CCOC1)Nc1ncccc1[N+](=O)[O-]. The first-order chi connectivity index (χ1) is 9.16. The van der Waals surface area contributed by atoms with Crippen molar-refractivity contribution < 1.29 is 14.4 Å². The molecule has 0 radical (unpaired) electrons. The normalized spacial score (nSPS) is 20.2. The number of pyridine rings is 1. The quantitative estimate of drug-likeness (QED) is 0.622. The maximum absolute atomic E-state index is 10.8. The number of hydrogen-bond donors (Lipinski definition) is 1. The molecule has 7 nitrogen and oxygen atoms in total. The summed E-state index contributed by atoms with van der Waals surface area (Å²) in [6, 6.07) is 2.91. The van der Waals surface area contributed by atoms with E-state index < -0.39 is 4.92 Å². The highest BCUT2D eigenvalue weighted by atomic mass is 16.6. The Kier molecular flexibility index (Phi) is 4.64. The molecule has 1 N–H and O–H groups in total. The molecule has 1 aromatic heterocycles. The lowest BCUT2D eigenvalue weighted by Crippen LogP contribution is -2.26. The predicted octanol–water partition coefficient (Wildman–Crippen LogP) is 1.60. The van der Waals surface area contributed by atoms with Crippen LogP contribution in [0, 0.1) is 10.1 Å². The van der Waals surface area contributed by atoms with Crippen LogP contribution >= 0.6 is 0 Å². The number of rotatable bonds is 6. The maximum Gasteiger partial charge on any atom is 0.311 e. The van der Waals surface area contributed by atoms with E-state index in [0.717, 1.165) is 13.0 Å². The number of nitrogens with one attached hydrogen (secondary N) is 1. The Hall–Kier alpha value is -1.73. The van der Waals surface area contributed by atoms with Gasteiger partial charge in [-0.3, -0.25) is 10.1 Å². The lowest BCUT2D eigenvalue weighted by Gasteiger charge is -2.17. The number of nitrogens with zero attached hydrogens (tertiary/aromatic N) is 2. The molecule has 2 unspecified atom stereocenters. The molecule has 0 amide bonds. The van der Waals surface area contributed by atoms with Crippen LogP contribution in [0.1, 0.15) is 13.3 Å². The molecule has 0 spiro atoms. The molecule has 1 aliphatic rings. The molecule has 2 atom stereocenters. The summed E-state index contributed by atoms with van der Waals surface area (Å²) in [4.78, 5) is 14.4. The zero-order valence-corrected chi connectivity index (χ0v) is 10.7. The fourth-order valence-electron chi connectivity index (χ4n) is 1.86. The van der Waals surface area contributed by atoms with Crippen molar-refractivity contribution in [2.24, 2.45) is 0 Å². The largest absolute Gasteiger partial charge is 0.379 e. The number of hydrogen-bond acceptors (Lipinski definition) is 6. The second-order valence-corrected chi connectivity index (χ2v) is 4.49. The zero-order valence-electron chi connectivity index (χ0n) is 10.7. The van der Waals surface area contributed by atoms with Crippen molar-refractivity contribution in [1.82, 2.24) is 4.98 Å². The second-order valence-electron chi connectivity index (χ2n) is 4.49. The average molecular weight is 267 g/mol. The third kappa shape index (κ3) is 3.87. The molecule has 1 aromatic rings. The Balaban J connectivity index is 1.87. The van der Waals surface area contributed by atoms with Gasteiger partial charge in [-0.2, -0.15) is 0 Å². The summed E-state index contributed by atoms with van der Waals surface area (Å²) in [5.41, 5.74) is -0.0291. The van der Waals surface area contributed by atoms with E-state index in [0.29, 0.717) is 13.2 Å². The van der Waals surface area contributed by atoms with Crippen LogP contribution in [0.2, 0.25) is 0 Å². The Morgan fingerprint density at radius 3 is 3.26 bits per heavy atom. The van der Waals surface area contributed by atoms with E-state index in [9.17, 15) is 10.1 Å². The van der Waals surface area contributed by atoms with E-state index in [-0.39, 0.29) is 23.7 Å². The van der Waals surface area contributed by atoms with Gasteiger partial charge in [0.05, 0.1) is 24.2 Å².